The number of nitriles is 1. The SMILES string of the molecule is N#Cc1cc(C(F)(F)F)c(Cl)cn1. The van der Waals surface area contributed by atoms with Crippen LogP contribution in [0, 0.1) is 11.3 Å². The maximum atomic E-state index is 12.1. The summed E-state index contributed by atoms with van der Waals surface area (Å²) in [5.74, 6) is 0. The van der Waals surface area contributed by atoms with E-state index in [1.807, 2.05) is 0 Å². The fourth-order valence-electron chi connectivity index (χ4n) is 0.717. The van der Waals surface area contributed by atoms with E-state index in [-0.39, 0.29) is 5.69 Å². The number of alkyl halides is 3. The molecule has 1 rings (SSSR count). The summed E-state index contributed by atoms with van der Waals surface area (Å²) in [5.41, 5.74) is -1.35. The highest BCUT2D eigenvalue weighted by Crippen LogP contribution is 2.34. The predicted octanol–water partition coefficient (Wildman–Crippen LogP) is 2.63. The van der Waals surface area contributed by atoms with E-state index in [0.29, 0.717) is 6.07 Å². The fourth-order valence-corrected chi connectivity index (χ4v) is 0.928. The zero-order valence-corrected chi connectivity index (χ0v) is 6.82. The van der Waals surface area contributed by atoms with Crippen molar-refractivity contribution < 1.29 is 13.2 Å². The number of pyridine rings is 1. The molecule has 0 aromatic carbocycles. The highest BCUT2D eigenvalue weighted by Gasteiger charge is 2.33. The van der Waals surface area contributed by atoms with Crippen molar-refractivity contribution in [2.24, 2.45) is 0 Å². The topological polar surface area (TPSA) is 36.7 Å². The lowest BCUT2D eigenvalue weighted by atomic mass is 10.2. The largest absolute Gasteiger partial charge is 0.418 e. The zero-order valence-electron chi connectivity index (χ0n) is 6.06. The van der Waals surface area contributed by atoms with Gasteiger partial charge in [-0.2, -0.15) is 18.4 Å². The third-order valence-electron chi connectivity index (χ3n) is 1.28. The molecule has 1 aromatic rings. The summed E-state index contributed by atoms with van der Waals surface area (Å²) in [6.07, 6.45) is -3.74. The number of nitrogens with zero attached hydrogens (tertiary/aromatic N) is 2. The van der Waals surface area contributed by atoms with Crippen molar-refractivity contribution in [2.45, 2.75) is 6.18 Å². The van der Waals surface area contributed by atoms with Crippen molar-refractivity contribution in [2.75, 3.05) is 0 Å². The van der Waals surface area contributed by atoms with Gasteiger partial charge in [0.2, 0.25) is 0 Å². The van der Waals surface area contributed by atoms with Crippen LogP contribution in [0.1, 0.15) is 11.3 Å². The van der Waals surface area contributed by atoms with Crippen molar-refractivity contribution in [3.8, 4) is 6.07 Å². The Kier molecular flexibility index (Phi) is 2.43. The summed E-state index contributed by atoms with van der Waals surface area (Å²) in [7, 11) is 0. The van der Waals surface area contributed by atoms with Crippen LogP contribution in [-0.2, 0) is 6.18 Å². The van der Waals surface area contributed by atoms with E-state index in [0.717, 1.165) is 6.20 Å². The van der Waals surface area contributed by atoms with E-state index in [2.05, 4.69) is 4.98 Å². The monoisotopic (exact) mass is 206 g/mol. The van der Waals surface area contributed by atoms with Gasteiger partial charge in [-0.15, -0.1) is 0 Å². The van der Waals surface area contributed by atoms with Crippen molar-refractivity contribution in [3.63, 3.8) is 0 Å². The van der Waals surface area contributed by atoms with Crippen LogP contribution in [0.4, 0.5) is 13.2 Å². The Morgan fingerprint density at radius 1 is 1.46 bits per heavy atom. The second-order valence-electron chi connectivity index (χ2n) is 2.16. The van der Waals surface area contributed by atoms with Gasteiger partial charge in [-0.1, -0.05) is 11.6 Å². The summed E-state index contributed by atoms with van der Waals surface area (Å²) >= 11 is 5.25. The van der Waals surface area contributed by atoms with E-state index < -0.39 is 16.8 Å². The van der Waals surface area contributed by atoms with Gasteiger partial charge >= 0.3 is 6.18 Å². The van der Waals surface area contributed by atoms with Crippen LogP contribution in [0.25, 0.3) is 0 Å². The molecule has 0 aliphatic carbocycles. The van der Waals surface area contributed by atoms with Gasteiger partial charge in [0.15, 0.2) is 0 Å². The van der Waals surface area contributed by atoms with Gasteiger partial charge in [0.25, 0.3) is 0 Å². The number of rotatable bonds is 0. The van der Waals surface area contributed by atoms with Gasteiger partial charge in [-0.05, 0) is 6.07 Å². The van der Waals surface area contributed by atoms with Crippen molar-refractivity contribution in [1.29, 1.82) is 5.26 Å². The Labute approximate surface area is 76.6 Å². The molecule has 1 heterocycles. The van der Waals surface area contributed by atoms with Gasteiger partial charge in [-0.3, -0.25) is 0 Å². The summed E-state index contributed by atoms with van der Waals surface area (Å²) in [6, 6.07) is 2.11. The molecule has 0 unspecified atom stereocenters. The summed E-state index contributed by atoms with van der Waals surface area (Å²) < 4.78 is 36.4. The fraction of sp³-hybridized carbons (Fsp3) is 0.143. The molecular formula is C7H2ClF3N2. The maximum absolute atomic E-state index is 12.1. The van der Waals surface area contributed by atoms with Crippen LogP contribution in [0.2, 0.25) is 5.02 Å². The molecule has 6 heteroatoms. The highest BCUT2D eigenvalue weighted by molar-refractivity contribution is 6.31. The molecule has 2 nitrogen and oxygen atoms in total. The number of halogens is 4. The smallest absolute Gasteiger partial charge is 0.244 e. The second-order valence-corrected chi connectivity index (χ2v) is 2.57. The molecule has 0 spiro atoms. The summed E-state index contributed by atoms with van der Waals surface area (Å²) in [6.45, 7) is 0. The quantitative estimate of drug-likeness (QED) is 0.654. The Hall–Kier alpha value is -1.28. The Balaban J connectivity index is 3.29. The first-order valence-corrected chi connectivity index (χ1v) is 3.46. The molecule has 0 bridgehead atoms. The minimum absolute atomic E-state index is 0.309. The maximum Gasteiger partial charge on any atom is 0.418 e. The van der Waals surface area contributed by atoms with Crippen molar-refractivity contribution >= 4 is 11.6 Å². The molecule has 0 atom stereocenters. The van der Waals surface area contributed by atoms with Gasteiger partial charge in [0, 0.05) is 6.20 Å². The lowest BCUT2D eigenvalue weighted by Crippen LogP contribution is -2.06. The van der Waals surface area contributed by atoms with Crippen LogP contribution in [-0.4, -0.2) is 4.98 Å². The van der Waals surface area contributed by atoms with Gasteiger partial charge in [0.05, 0.1) is 10.6 Å². The van der Waals surface area contributed by atoms with Gasteiger partial charge < -0.3 is 0 Å². The van der Waals surface area contributed by atoms with Gasteiger partial charge in [0.1, 0.15) is 11.8 Å². The lowest BCUT2D eigenvalue weighted by molar-refractivity contribution is -0.137. The third-order valence-corrected chi connectivity index (χ3v) is 1.58. The van der Waals surface area contributed by atoms with Gasteiger partial charge in [-0.25, -0.2) is 4.98 Å². The molecule has 0 amide bonds. The van der Waals surface area contributed by atoms with Crippen LogP contribution < -0.4 is 0 Å². The third kappa shape index (κ3) is 2.10. The molecule has 0 fully saturated rings. The van der Waals surface area contributed by atoms with Crippen LogP contribution in [0.3, 0.4) is 0 Å². The summed E-state index contributed by atoms with van der Waals surface area (Å²) in [5, 5.41) is 7.79. The van der Waals surface area contributed by atoms with E-state index in [1.165, 1.54) is 6.07 Å². The van der Waals surface area contributed by atoms with Crippen LogP contribution >= 0.6 is 11.6 Å². The average Bonchev–Trinajstić information content (AvgIpc) is 2.03. The normalized spacial score (nSPS) is 11.0. The lowest BCUT2D eigenvalue weighted by Gasteiger charge is -2.07. The summed E-state index contributed by atoms with van der Waals surface area (Å²) in [4.78, 5) is 3.38. The first-order valence-electron chi connectivity index (χ1n) is 3.08. The van der Waals surface area contributed by atoms with Crippen LogP contribution in [0.5, 0.6) is 0 Å². The molecule has 1 aromatic heterocycles. The first kappa shape index (κ1) is 9.81. The Morgan fingerprint density at radius 3 is 2.54 bits per heavy atom. The van der Waals surface area contributed by atoms with Crippen LogP contribution in [0.15, 0.2) is 12.3 Å². The minimum atomic E-state index is -4.55. The Bertz CT molecular complexity index is 367. The average molecular weight is 207 g/mol. The molecular weight excluding hydrogens is 205 g/mol. The highest BCUT2D eigenvalue weighted by atomic mass is 35.5. The van der Waals surface area contributed by atoms with Crippen molar-refractivity contribution in [3.05, 3.63) is 28.5 Å². The van der Waals surface area contributed by atoms with E-state index >= 15 is 0 Å². The standard InChI is InChI=1S/C7H2ClF3N2/c8-6-3-13-4(2-12)1-5(6)7(9,10)11/h1,3H. The van der Waals surface area contributed by atoms with E-state index in [9.17, 15) is 13.2 Å². The Morgan fingerprint density at radius 2 is 2.08 bits per heavy atom. The first-order chi connectivity index (χ1) is 5.95. The van der Waals surface area contributed by atoms with Crippen molar-refractivity contribution in [1.82, 2.24) is 4.98 Å². The number of hydrogen-bond donors (Lipinski definition) is 0. The molecule has 0 N–H and O–H groups in total. The molecule has 0 aliphatic heterocycles. The molecule has 13 heavy (non-hydrogen) atoms. The molecule has 0 radical (unpaired) electrons. The number of hydrogen-bond acceptors (Lipinski definition) is 2. The molecule has 0 saturated heterocycles. The molecule has 68 valence electrons. The predicted molar refractivity (Wildman–Crippen MR) is 39.0 cm³/mol. The zero-order chi connectivity index (χ0) is 10.1. The minimum Gasteiger partial charge on any atom is -0.244 e. The number of aromatic nitrogens is 1. The molecule has 0 saturated carbocycles. The molecule has 0 aliphatic rings. The second kappa shape index (κ2) is 3.23. The van der Waals surface area contributed by atoms with E-state index in [4.69, 9.17) is 16.9 Å². The van der Waals surface area contributed by atoms with E-state index in [1.54, 1.807) is 0 Å².